The maximum atomic E-state index is 11.8. The van der Waals surface area contributed by atoms with E-state index in [-0.39, 0.29) is 5.91 Å². The van der Waals surface area contributed by atoms with Crippen LogP contribution in [0.25, 0.3) is 0 Å². The molecular formula is C11H15IN2O2. The summed E-state index contributed by atoms with van der Waals surface area (Å²) in [5.41, 5.74) is 0.678. The van der Waals surface area contributed by atoms with Crippen LogP contribution in [0.3, 0.4) is 0 Å². The highest BCUT2D eigenvalue weighted by Gasteiger charge is 2.09. The number of carbonyl (C=O) groups excluding carboxylic acids is 1. The van der Waals surface area contributed by atoms with Gasteiger partial charge in [0.15, 0.2) is 0 Å². The Bertz CT molecular complexity index is 369. The van der Waals surface area contributed by atoms with Crippen LogP contribution >= 0.6 is 22.6 Å². The third-order valence-electron chi connectivity index (χ3n) is 2.08. The van der Waals surface area contributed by atoms with Gasteiger partial charge in [0.25, 0.3) is 5.91 Å². The molecule has 0 saturated heterocycles. The Labute approximate surface area is 109 Å². The Balaban J connectivity index is 2.68. The number of halogens is 1. The van der Waals surface area contributed by atoms with Crippen molar-refractivity contribution in [2.45, 2.75) is 0 Å². The van der Waals surface area contributed by atoms with Gasteiger partial charge in [-0.15, -0.1) is 0 Å². The lowest BCUT2D eigenvalue weighted by Gasteiger charge is -2.07. The Morgan fingerprint density at radius 1 is 1.44 bits per heavy atom. The number of benzene rings is 1. The van der Waals surface area contributed by atoms with Gasteiger partial charge in [0.05, 0.1) is 12.7 Å². The Morgan fingerprint density at radius 2 is 2.19 bits per heavy atom. The summed E-state index contributed by atoms with van der Waals surface area (Å²) >= 11 is 2.13. The van der Waals surface area contributed by atoms with Crippen LogP contribution in [-0.4, -0.2) is 33.2 Å². The minimum atomic E-state index is -0.0534. The average Bonchev–Trinajstić information content (AvgIpc) is 2.29. The van der Waals surface area contributed by atoms with Gasteiger partial charge in [-0.3, -0.25) is 4.79 Å². The van der Waals surface area contributed by atoms with E-state index in [0.29, 0.717) is 12.1 Å². The monoisotopic (exact) mass is 334 g/mol. The normalized spacial score (nSPS) is 9.94. The number of hydrogen-bond donors (Lipinski definition) is 2. The molecule has 1 rings (SSSR count). The summed E-state index contributed by atoms with van der Waals surface area (Å²) in [5.74, 6) is 0.707. The second-order valence-corrected chi connectivity index (χ2v) is 4.37. The van der Waals surface area contributed by atoms with Crippen molar-refractivity contribution >= 4 is 28.5 Å². The summed E-state index contributed by atoms with van der Waals surface area (Å²) in [6, 6.07) is 5.40. The Hall–Kier alpha value is -0.820. The Kier molecular flexibility index (Phi) is 5.54. The molecule has 0 aliphatic heterocycles. The summed E-state index contributed by atoms with van der Waals surface area (Å²) in [7, 11) is 3.46. The van der Waals surface area contributed by atoms with E-state index >= 15 is 0 Å². The third-order valence-corrected chi connectivity index (χ3v) is 2.97. The molecule has 88 valence electrons. The van der Waals surface area contributed by atoms with Crippen molar-refractivity contribution in [1.29, 1.82) is 0 Å². The predicted octanol–water partition coefficient (Wildman–Crippen LogP) is 1.25. The molecule has 2 N–H and O–H groups in total. The number of rotatable bonds is 5. The largest absolute Gasteiger partial charge is 0.497 e. The lowest BCUT2D eigenvalue weighted by molar-refractivity contribution is 0.0953. The lowest BCUT2D eigenvalue weighted by Crippen LogP contribution is -2.30. The van der Waals surface area contributed by atoms with Gasteiger partial charge >= 0.3 is 0 Å². The molecular weight excluding hydrogens is 319 g/mol. The van der Waals surface area contributed by atoms with Crippen molar-refractivity contribution in [2.24, 2.45) is 0 Å². The summed E-state index contributed by atoms with van der Waals surface area (Å²) in [6.07, 6.45) is 0. The number of ether oxygens (including phenoxy) is 1. The highest BCUT2D eigenvalue weighted by Crippen LogP contribution is 2.19. The molecule has 0 aliphatic rings. The Morgan fingerprint density at radius 3 is 2.75 bits per heavy atom. The van der Waals surface area contributed by atoms with Crippen LogP contribution in [0.4, 0.5) is 0 Å². The number of hydrogen-bond acceptors (Lipinski definition) is 3. The van der Waals surface area contributed by atoms with E-state index in [4.69, 9.17) is 4.74 Å². The molecule has 0 heterocycles. The molecule has 0 spiro atoms. The third kappa shape index (κ3) is 3.64. The van der Waals surface area contributed by atoms with E-state index in [1.807, 2.05) is 13.1 Å². The second-order valence-electron chi connectivity index (χ2n) is 3.21. The zero-order valence-corrected chi connectivity index (χ0v) is 11.5. The van der Waals surface area contributed by atoms with E-state index in [0.717, 1.165) is 15.9 Å². The van der Waals surface area contributed by atoms with Crippen LogP contribution in [-0.2, 0) is 0 Å². The molecule has 1 aromatic rings. The van der Waals surface area contributed by atoms with Crippen molar-refractivity contribution in [1.82, 2.24) is 10.6 Å². The molecule has 0 atom stereocenters. The van der Waals surface area contributed by atoms with E-state index < -0.39 is 0 Å². The molecule has 1 aromatic carbocycles. The summed E-state index contributed by atoms with van der Waals surface area (Å²) in [5, 5.41) is 5.80. The number of methoxy groups -OCH3 is 1. The van der Waals surface area contributed by atoms with Gasteiger partial charge in [-0.25, -0.2) is 0 Å². The van der Waals surface area contributed by atoms with Gasteiger partial charge in [-0.1, -0.05) is 0 Å². The zero-order valence-electron chi connectivity index (χ0n) is 9.34. The molecule has 0 unspecified atom stereocenters. The number of carbonyl (C=O) groups is 1. The second kappa shape index (κ2) is 6.70. The first-order valence-electron chi connectivity index (χ1n) is 4.95. The smallest absolute Gasteiger partial charge is 0.252 e. The molecule has 1 amide bonds. The molecule has 0 fully saturated rings. The number of likely N-dealkylation sites (N-methyl/N-ethyl adjacent to an activating group) is 1. The van der Waals surface area contributed by atoms with Crippen molar-refractivity contribution in [3.63, 3.8) is 0 Å². The first-order chi connectivity index (χ1) is 7.69. The van der Waals surface area contributed by atoms with Crippen LogP contribution in [0, 0.1) is 3.57 Å². The highest BCUT2D eigenvalue weighted by molar-refractivity contribution is 14.1. The molecule has 0 aromatic heterocycles. The van der Waals surface area contributed by atoms with Crippen LogP contribution in [0.5, 0.6) is 5.75 Å². The van der Waals surface area contributed by atoms with Gasteiger partial charge < -0.3 is 15.4 Å². The highest BCUT2D eigenvalue weighted by atomic mass is 127. The fourth-order valence-electron chi connectivity index (χ4n) is 1.20. The molecule has 0 saturated carbocycles. The maximum absolute atomic E-state index is 11.8. The quantitative estimate of drug-likeness (QED) is 0.630. The van der Waals surface area contributed by atoms with Crippen molar-refractivity contribution in [3.8, 4) is 5.75 Å². The van der Waals surface area contributed by atoms with E-state index in [1.54, 1.807) is 19.2 Å². The lowest BCUT2D eigenvalue weighted by atomic mass is 10.2. The van der Waals surface area contributed by atoms with Crippen LogP contribution in [0.2, 0.25) is 0 Å². The molecule has 0 radical (unpaired) electrons. The number of amides is 1. The summed E-state index contributed by atoms with van der Waals surface area (Å²) in [4.78, 5) is 11.8. The SMILES string of the molecule is CNCCNC(=O)c1ccc(OC)cc1I. The fourth-order valence-corrected chi connectivity index (χ4v) is 1.93. The molecule has 16 heavy (non-hydrogen) atoms. The summed E-state index contributed by atoms with van der Waals surface area (Å²) < 4.78 is 5.97. The van der Waals surface area contributed by atoms with Crippen LogP contribution in [0.1, 0.15) is 10.4 Å². The molecule has 4 nitrogen and oxygen atoms in total. The topological polar surface area (TPSA) is 50.4 Å². The first kappa shape index (κ1) is 13.2. The van der Waals surface area contributed by atoms with Gasteiger partial charge in [0.1, 0.15) is 5.75 Å². The van der Waals surface area contributed by atoms with E-state index in [2.05, 4.69) is 33.2 Å². The number of nitrogens with one attached hydrogen (secondary N) is 2. The van der Waals surface area contributed by atoms with Crippen LogP contribution in [0.15, 0.2) is 18.2 Å². The van der Waals surface area contributed by atoms with E-state index in [9.17, 15) is 4.79 Å². The van der Waals surface area contributed by atoms with Crippen molar-refractivity contribution in [2.75, 3.05) is 27.2 Å². The average molecular weight is 334 g/mol. The predicted molar refractivity (Wildman–Crippen MR) is 72.0 cm³/mol. The minimum absolute atomic E-state index is 0.0534. The fraction of sp³-hybridized carbons (Fsp3) is 0.364. The zero-order chi connectivity index (χ0) is 12.0. The van der Waals surface area contributed by atoms with Gasteiger partial charge in [-0.05, 0) is 47.8 Å². The van der Waals surface area contributed by atoms with Crippen molar-refractivity contribution < 1.29 is 9.53 Å². The molecule has 5 heteroatoms. The van der Waals surface area contributed by atoms with Gasteiger partial charge in [0, 0.05) is 16.7 Å². The van der Waals surface area contributed by atoms with Crippen LogP contribution < -0.4 is 15.4 Å². The molecule has 0 bridgehead atoms. The van der Waals surface area contributed by atoms with E-state index in [1.165, 1.54) is 0 Å². The first-order valence-corrected chi connectivity index (χ1v) is 6.03. The minimum Gasteiger partial charge on any atom is -0.497 e. The van der Waals surface area contributed by atoms with Gasteiger partial charge in [-0.2, -0.15) is 0 Å². The summed E-state index contributed by atoms with van der Waals surface area (Å²) in [6.45, 7) is 1.38. The van der Waals surface area contributed by atoms with Crippen molar-refractivity contribution in [3.05, 3.63) is 27.3 Å². The maximum Gasteiger partial charge on any atom is 0.252 e. The standard InChI is InChI=1S/C11H15IN2O2/c1-13-5-6-14-11(15)9-4-3-8(16-2)7-10(9)12/h3-4,7,13H,5-6H2,1-2H3,(H,14,15). The van der Waals surface area contributed by atoms with Gasteiger partial charge in [0.2, 0.25) is 0 Å². The molecule has 0 aliphatic carbocycles.